The van der Waals surface area contributed by atoms with E-state index in [1.165, 1.54) is 11.7 Å². The van der Waals surface area contributed by atoms with Crippen molar-refractivity contribution in [3.63, 3.8) is 0 Å². The quantitative estimate of drug-likeness (QED) is 0.814. The minimum absolute atomic E-state index is 0.272. The predicted molar refractivity (Wildman–Crippen MR) is 63.2 cm³/mol. The van der Waals surface area contributed by atoms with Gasteiger partial charge in [0.2, 0.25) is 0 Å². The Hall–Kier alpha value is -2.62. The van der Waals surface area contributed by atoms with Crippen LogP contribution in [0.5, 0.6) is 0 Å². The standard InChI is InChI=1S/C11H12N6O/c1-7-8(6-12)11(16(3)14-7)17-5-4-9(15-17)10(18)13-2/h4-5H,1-3H3,(H,13,18). The summed E-state index contributed by atoms with van der Waals surface area (Å²) in [5.74, 6) is 0.274. The lowest BCUT2D eigenvalue weighted by Gasteiger charge is -2.01. The molecule has 0 spiro atoms. The van der Waals surface area contributed by atoms with Gasteiger partial charge in [-0.05, 0) is 13.0 Å². The van der Waals surface area contributed by atoms with Crippen LogP contribution in [0.1, 0.15) is 21.7 Å². The SMILES string of the molecule is CNC(=O)c1ccn(-c2c(C#N)c(C)nn2C)n1. The highest BCUT2D eigenvalue weighted by Gasteiger charge is 2.17. The number of carbonyl (C=O) groups excluding carboxylic acids is 1. The van der Waals surface area contributed by atoms with Crippen molar-refractivity contribution < 1.29 is 4.79 Å². The van der Waals surface area contributed by atoms with Gasteiger partial charge in [-0.25, -0.2) is 9.36 Å². The number of nitriles is 1. The number of nitrogens with one attached hydrogen (secondary N) is 1. The molecule has 7 nitrogen and oxygen atoms in total. The molecule has 18 heavy (non-hydrogen) atoms. The topological polar surface area (TPSA) is 88.5 Å². The Morgan fingerprint density at radius 3 is 2.83 bits per heavy atom. The van der Waals surface area contributed by atoms with E-state index in [9.17, 15) is 4.79 Å². The highest BCUT2D eigenvalue weighted by atomic mass is 16.1. The molecule has 1 N–H and O–H groups in total. The zero-order valence-electron chi connectivity index (χ0n) is 10.3. The first kappa shape index (κ1) is 11.9. The maximum absolute atomic E-state index is 11.4. The van der Waals surface area contributed by atoms with Gasteiger partial charge in [0.1, 0.15) is 11.6 Å². The largest absolute Gasteiger partial charge is 0.354 e. The van der Waals surface area contributed by atoms with Crippen LogP contribution in [0.2, 0.25) is 0 Å². The molecule has 0 saturated carbocycles. The Bertz CT molecular complexity index is 645. The first-order chi connectivity index (χ1) is 8.58. The Balaban J connectivity index is 2.53. The molecule has 1 amide bonds. The monoisotopic (exact) mass is 244 g/mol. The fourth-order valence-corrected chi connectivity index (χ4v) is 1.73. The molecule has 0 saturated heterocycles. The third-order valence-corrected chi connectivity index (χ3v) is 2.57. The zero-order valence-corrected chi connectivity index (χ0v) is 10.3. The summed E-state index contributed by atoms with van der Waals surface area (Å²) in [6.45, 7) is 1.76. The molecule has 0 aliphatic rings. The van der Waals surface area contributed by atoms with E-state index >= 15 is 0 Å². The van der Waals surface area contributed by atoms with Gasteiger partial charge in [0, 0.05) is 20.3 Å². The van der Waals surface area contributed by atoms with E-state index in [-0.39, 0.29) is 5.91 Å². The number of carbonyl (C=O) groups is 1. The third-order valence-electron chi connectivity index (χ3n) is 2.57. The van der Waals surface area contributed by atoms with Crippen molar-refractivity contribution in [2.24, 2.45) is 7.05 Å². The second-order valence-electron chi connectivity index (χ2n) is 3.74. The van der Waals surface area contributed by atoms with Gasteiger partial charge in [-0.15, -0.1) is 0 Å². The molecular weight excluding hydrogens is 232 g/mol. The molecule has 0 aromatic carbocycles. The molecule has 2 heterocycles. The van der Waals surface area contributed by atoms with Gasteiger partial charge in [0.05, 0.1) is 5.69 Å². The number of hydrogen-bond donors (Lipinski definition) is 1. The molecule has 0 bridgehead atoms. The van der Waals surface area contributed by atoms with Crippen molar-refractivity contribution in [1.82, 2.24) is 24.9 Å². The first-order valence-corrected chi connectivity index (χ1v) is 5.30. The van der Waals surface area contributed by atoms with E-state index in [1.54, 1.807) is 30.9 Å². The Labute approximate surface area is 104 Å². The summed E-state index contributed by atoms with van der Waals surface area (Å²) >= 11 is 0. The Morgan fingerprint density at radius 2 is 2.22 bits per heavy atom. The molecule has 0 radical (unpaired) electrons. The van der Waals surface area contributed by atoms with Gasteiger partial charge >= 0.3 is 0 Å². The third kappa shape index (κ3) is 1.73. The van der Waals surface area contributed by atoms with Crippen LogP contribution in [0.3, 0.4) is 0 Å². The number of nitrogens with zero attached hydrogens (tertiary/aromatic N) is 5. The smallest absolute Gasteiger partial charge is 0.271 e. The number of amides is 1. The first-order valence-electron chi connectivity index (χ1n) is 5.30. The Morgan fingerprint density at radius 1 is 1.50 bits per heavy atom. The van der Waals surface area contributed by atoms with E-state index in [1.807, 2.05) is 0 Å². The van der Waals surface area contributed by atoms with E-state index in [2.05, 4.69) is 21.6 Å². The summed E-state index contributed by atoms with van der Waals surface area (Å²) < 4.78 is 3.04. The van der Waals surface area contributed by atoms with Crippen molar-refractivity contribution >= 4 is 5.91 Å². The molecule has 2 aromatic heterocycles. The molecule has 2 rings (SSSR count). The van der Waals surface area contributed by atoms with E-state index in [0.717, 1.165) is 0 Å². The van der Waals surface area contributed by atoms with Crippen molar-refractivity contribution in [1.29, 1.82) is 5.26 Å². The molecular formula is C11H12N6O. The lowest BCUT2D eigenvalue weighted by molar-refractivity contribution is 0.0957. The number of hydrogen-bond acceptors (Lipinski definition) is 4. The summed E-state index contributed by atoms with van der Waals surface area (Å²) in [7, 11) is 3.26. The second-order valence-corrected chi connectivity index (χ2v) is 3.74. The van der Waals surface area contributed by atoms with Crippen LogP contribution in [0.25, 0.3) is 5.82 Å². The van der Waals surface area contributed by atoms with E-state index in [4.69, 9.17) is 5.26 Å². The van der Waals surface area contributed by atoms with Gasteiger partial charge in [0.25, 0.3) is 5.91 Å². The molecule has 2 aromatic rings. The van der Waals surface area contributed by atoms with Gasteiger partial charge in [0.15, 0.2) is 11.5 Å². The van der Waals surface area contributed by atoms with Crippen molar-refractivity contribution in [3.05, 3.63) is 29.2 Å². The van der Waals surface area contributed by atoms with E-state index in [0.29, 0.717) is 22.8 Å². The summed E-state index contributed by atoms with van der Waals surface area (Å²) in [6.07, 6.45) is 1.63. The molecule has 7 heteroatoms. The molecule has 92 valence electrons. The molecule has 0 unspecified atom stereocenters. The van der Waals surface area contributed by atoms with Crippen LogP contribution in [0.15, 0.2) is 12.3 Å². The van der Waals surface area contributed by atoms with Crippen LogP contribution in [0.4, 0.5) is 0 Å². The average molecular weight is 244 g/mol. The van der Waals surface area contributed by atoms with Crippen molar-refractivity contribution in [3.8, 4) is 11.9 Å². The summed E-state index contributed by atoms with van der Waals surface area (Å²) in [5, 5.41) is 19.9. The summed E-state index contributed by atoms with van der Waals surface area (Å²) in [4.78, 5) is 11.4. The minimum Gasteiger partial charge on any atom is -0.354 e. The molecule has 0 aliphatic heterocycles. The normalized spacial score (nSPS) is 10.1. The van der Waals surface area contributed by atoms with Gasteiger partial charge in [-0.1, -0.05) is 0 Å². The van der Waals surface area contributed by atoms with Crippen LogP contribution in [-0.2, 0) is 7.05 Å². The van der Waals surface area contributed by atoms with Crippen LogP contribution in [0, 0.1) is 18.3 Å². The summed E-state index contributed by atoms with van der Waals surface area (Å²) in [6, 6.07) is 3.68. The minimum atomic E-state index is -0.272. The lowest BCUT2D eigenvalue weighted by atomic mass is 10.3. The zero-order chi connectivity index (χ0) is 13.3. The molecule has 0 aliphatic carbocycles. The predicted octanol–water partition coefficient (Wildman–Crippen LogP) is 0.145. The van der Waals surface area contributed by atoms with Crippen molar-refractivity contribution in [2.45, 2.75) is 6.92 Å². The fourth-order valence-electron chi connectivity index (χ4n) is 1.73. The van der Waals surface area contributed by atoms with Gasteiger partial charge in [-0.2, -0.15) is 15.5 Å². The van der Waals surface area contributed by atoms with Gasteiger partial charge < -0.3 is 5.32 Å². The van der Waals surface area contributed by atoms with Crippen LogP contribution >= 0.6 is 0 Å². The van der Waals surface area contributed by atoms with Gasteiger partial charge in [-0.3, -0.25) is 4.79 Å². The number of aryl methyl sites for hydroxylation is 2. The maximum Gasteiger partial charge on any atom is 0.271 e. The highest BCUT2D eigenvalue weighted by molar-refractivity contribution is 5.91. The van der Waals surface area contributed by atoms with Crippen LogP contribution in [-0.4, -0.2) is 32.5 Å². The average Bonchev–Trinajstić information content (AvgIpc) is 2.92. The lowest BCUT2D eigenvalue weighted by Crippen LogP contribution is -2.18. The highest BCUT2D eigenvalue weighted by Crippen LogP contribution is 2.16. The maximum atomic E-state index is 11.4. The molecule has 0 atom stereocenters. The fraction of sp³-hybridized carbons (Fsp3) is 0.273. The van der Waals surface area contributed by atoms with E-state index < -0.39 is 0 Å². The number of aromatic nitrogens is 4. The summed E-state index contributed by atoms with van der Waals surface area (Å²) in [5.41, 5.74) is 1.37. The Kier molecular flexibility index (Phi) is 2.85. The molecule has 0 fully saturated rings. The van der Waals surface area contributed by atoms with Crippen LogP contribution < -0.4 is 5.32 Å². The number of rotatable bonds is 2. The second kappa shape index (κ2) is 4.33. The van der Waals surface area contributed by atoms with Crippen molar-refractivity contribution in [2.75, 3.05) is 7.05 Å².